The van der Waals surface area contributed by atoms with E-state index >= 15 is 0 Å². The predicted molar refractivity (Wildman–Crippen MR) is 123 cm³/mol. The van der Waals surface area contributed by atoms with Crippen LogP contribution in [-0.2, 0) is 16.0 Å². The van der Waals surface area contributed by atoms with Crippen LogP contribution in [0.4, 0.5) is 5.69 Å². The van der Waals surface area contributed by atoms with Crippen LogP contribution in [0.3, 0.4) is 0 Å². The van der Waals surface area contributed by atoms with E-state index in [0.29, 0.717) is 0 Å². The molecule has 2 amide bonds. The minimum atomic E-state index is -0.0896. The highest BCUT2D eigenvalue weighted by Crippen LogP contribution is 2.22. The number of aryl methyl sites for hydroxylation is 3. The summed E-state index contributed by atoms with van der Waals surface area (Å²) in [5, 5.41) is 6.14. The molecule has 0 saturated carbocycles. The number of anilines is 1. The Balaban J connectivity index is 1.92. The van der Waals surface area contributed by atoms with Gasteiger partial charge in [-0.15, -0.1) is 0 Å². The van der Waals surface area contributed by atoms with Gasteiger partial charge in [0.1, 0.15) is 0 Å². The molecule has 0 heterocycles. The van der Waals surface area contributed by atoms with Gasteiger partial charge in [-0.25, -0.2) is 0 Å². The molecule has 2 rings (SSSR count). The Morgan fingerprint density at radius 3 is 2.03 bits per heavy atom. The average molecular weight is 411 g/mol. The fraction of sp³-hybridized carbons (Fsp3) is 0.440. The van der Waals surface area contributed by atoms with Gasteiger partial charge in [0.2, 0.25) is 0 Å². The van der Waals surface area contributed by atoms with Gasteiger partial charge in [-0.1, -0.05) is 63.2 Å². The van der Waals surface area contributed by atoms with E-state index in [-0.39, 0.29) is 36.9 Å². The number of nitrogens with one attached hydrogen (secondary N) is 3. The second kappa shape index (κ2) is 10.9. The number of rotatable bonds is 9. The van der Waals surface area contributed by atoms with Crippen LogP contribution in [0.25, 0.3) is 0 Å². The summed E-state index contributed by atoms with van der Waals surface area (Å²) in [6.45, 7) is 10.8. The fourth-order valence-electron chi connectivity index (χ4n) is 3.63. The standard InChI is InChI=1S/C25H35N3O2/c1-7-20-11-13-21(14-12-20)24(17(2)3)26-22(29)15-28(6)16-23(30)27-25-18(4)9-8-10-19(25)5/h8-14,17,24H,7,15-16H2,1-6H3,(H,26,29)(H,27,30)/p+1/t24-/m1/s1. The number of carbonyl (C=O) groups excluding carboxylic acids is 2. The molecule has 2 atom stereocenters. The summed E-state index contributed by atoms with van der Waals surface area (Å²) in [5.74, 6) is 0.132. The number of hydrogen-bond acceptors (Lipinski definition) is 2. The third kappa shape index (κ3) is 6.70. The fourth-order valence-corrected chi connectivity index (χ4v) is 3.63. The second-order valence-corrected chi connectivity index (χ2v) is 8.51. The summed E-state index contributed by atoms with van der Waals surface area (Å²) < 4.78 is 0. The molecule has 30 heavy (non-hydrogen) atoms. The van der Waals surface area contributed by atoms with Crippen molar-refractivity contribution < 1.29 is 14.5 Å². The van der Waals surface area contributed by atoms with Gasteiger partial charge >= 0.3 is 0 Å². The maximum absolute atomic E-state index is 12.6. The van der Waals surface area contributed by atoms with Crippen LogP contribution in [0.15, 0.2) is 42.5 Å². The highest BCUT2D eigenvalue weighted by Gasteiger charge is 2.21. The first-order valence-electron chi connectivity index (χ1n) is 10.8. The highest BCUT2D eigenvalue weighted by molar-refractivity contribution is 5.93. The van der Waals surface area contributed by atoms with E-state index in [9.17, 15) is 9.59 Å². The van der Waals surface area contributed by atoms with Crippen LogP contribution in [0.5, 0.6) is 0 Å². The Kier molecular flexibility index (Phi) is 8.60. The van der Waals surface area contributed by atoms with Crippen molar-refractivity contribution in [3.63, 3.8) is 0 Å². The van der Waals surface area contributed by atoms with Gasteiger partial charge in [-0.3, -0.25) is 9.59 Å². The number of amides is 2. The van der Waals surface area contributed by atoms with E-state index < -0.39 is 0 Å². The van der Waals surface area contributed by atoms with Crippen LogP contribution in [0.1, 0.15) is 49.1 Å². The number of para-hydroxylation sites is 1. The van der Waals surface area contributed by atoms with Crippen LogP contribution in [-0.4, -0.2) is 32.0 Å². The van der Waals surface area contributed by atoms with Gasteiger partial charge in [-0.05, 0) is 48.4 Å². The molecule has 0 aliphatic heterocycles. The lowest BCUT2D eigenvalue weighted by atomic mass is 9.95. The highest BCUT2D eigenvalue weighted by atomic mass is 16.2. The monoisotopic (exact) mass is 410 g/mol. The van der Waals surface area contributed by atoms with E-state index in [0.717, 1.165) is 33.7 Å². The Hall–Kier alpha value is -2.66. The molecule has 5 nitrogen and oxygen atoms in total. The van der Waals surface area contributed by atoms with Crippen LogP contribution >= 0.6 is 0 Å². The first-order chi connectivity index (χ1) is 14.2. The summed E-state index contributed by atoms with van der Waals surface area (Å²) in [5.41, 5.74) is 5.32. The Morgan fingerprint density at radius 2 is 1.50 bits per heavy atom. The lowest BCUT2D eigenvalue weighted by Gasteiger charge is -2.24. The third-order valence-electron chi connectivity index (χ3n) is 5.40. The molecule has 162 valence electrons. The number of quaternary nitrogens is 1. The van der Waals surface area contributed by atoms with Gasteiger partial charge in [0.05, 0.1) is 13.1 Å². The van der Waals surface area contributed by atoms with Gasteiger partial charge < -0.3 is 15.5 Å². The van der Waals surface area contributed by atoms with Crippen molar-refractivity contribution in [3.8, 4) is 0 Å². The summed E-state index contributed by atoms with van der Waals surface area (Å²) in [6.07, 6.45) is 0.997. The second-order valence-electron chi connectivity index (χ2n) is 8.51. The van der Waals surface area contributed by atoms with Gasteiger partial charge in [0.15, 0.2) is 13.1 Å². The smallest absolute Gasteiger partial charge is 0.279 e. The Bertz CT molecular complexity index is 839. The quantitative estimate of drug-likeness (QED) is 0.595. The van der Waals surface area contributed by atoms with Crippen molar-refractivity contribution in [2.45, 2.75) is 47.1 Å². The largest absolute Gasteiger partial charge is 0.344 e. The zero-order valence-corrected chi connectivity index (χ0v) is 19.1. The van der Waals surface area contributed by atoms with Gasteiger partial charge in [-0.2, -0.15) is 0 Å². The molecule has 0 aliphatic rings. The molecule has 0 aliphatic carbocycles. The summed E-state index contributed by atoms with van der Waals surface area (Å²) >= 11 is 0. The topological polar surface area (TPSA) is 62.6 Å². The van der Waals surface area contributed by atoms with Crippen molar-refractivity contribution in [3.05, 3.63) is 64.7 Å². The molecule has 0 saturated heterocycles. The number of benzene rings is 2. The van der Waals surface area contributed by atoms with Crippen molar-refractivity contribution in [2.24, 2.45) is 5.92 Å². The maximum Gasteiger partial charge on any atom is 0.279 e. The molecule has 0 bridgehead atoms. The summed E-state index contributed by atoms with van der Waals surface area (Å²) in [7, 11) is 1.87. The molecule has 3 N–H and O–H groups in total. The minimum Gasteiger partial charge on any atom is -0.344 e. The normalized spacial score (nSPS) is 13.0. The third-order valence-corrected chi connectivity index (χ3v) is 5.40. The lowest BCUT2D eigenvalue weighted by Crippen LogP contribution is -3.11. The SMILES string of the molecule is CCc1ccc([C@H](NC(=O)C[NH+](C)CC(=O)Nc2c(C)cccc2C)C(C)C)cc1. The van der Waals surface area contributed by atoms with Crippen molar-refractivity contribution in [2.75, 3.05) is 25.5 Å². The molecule has 5 heteroatoms. The van der Waals surface area contributed by atoms with Crippen molar-refractivity contribution >= 4 is 17.5 Å². The van der Waals surface area contributed by atoms with E-state index in [2.05, 4.69) is 55.7 Å². The summed E-state index contributed by atoms with van der Waals surface area (Å²) in [4.78, 5) is 26.0. The average Bonchev–Trinajstić information content (AvgIpc) is 2.69. The van der Waals surface area contributed by atoms with E-state index in [1.165, 1.54) is 5.56 Å². The molecule has 2 aromatic rings. The molecule has 2 aromatic carbocycles. The molecule has 0 radical (unpaired) electrons. The first kappa shape index (κ1) is 23.6. The van der Waals surface area contributed by atoms with Crippen LogP contribution in [0.2, 0.25) is 0 Å². The molecular weight excluding hydrogens is 374 g/mol. The van der Waals surface area contributed by atoms with Crippen LogP contribution < -0.4 is 15.5 Å². The number of likely N-dealkylation sites (N-methyl/N-ethyl adjacent to an activating group) is 1. The molecule has 0 spiro atoms. The lowest BCUT2D eigenvalue weighted by molar-refractivity contribution is -0.862. The molecule has 1 unspecified atom stereocenters. The van der Waals surface area contributed by atoms with Crippen molar-refractivity contribution in [1.29, 1.82) is 0 Å². The number of carbonyl (C=O) groups is 2. The van der Waals surface area contributed by atoms with Crippen molar-refractivity contribution in [1.82, 2.24) is 5.32 Å². The van der Waals surface area contributed by atoms with Gasteiger partial charge in [0.25, 0.3) is 11.8 Å². The predicted octanol–water partition coefficient (Wildman–Crippen LogP) is 2.83. The summed E-state index contributed by atoms with van der Waals surface area (Å²) in [6, 6.07) is 14.3. The van der Waals surface area contributed by atoms with E-state index in [1.807, 2.05) is 39.1 Å². The Labute approximate surface area is 180 Å². The first-order valence-corrected chi connectivity index (χ1v) is 10.8. The molecule has 0 aromatic heterocycles. The minimum absolute atomic E-state index is 0.0420. The molecular formula is C25H36N3O2+. The number of hydrogen-bond donors (Lipinski definition) is 3. The zero-order valence-electron chi connectivity index (χ0n) is 19.1. The van der Waals surface area contributed by atoms with Crippen LogP contribution in [0, 0.1) is 19.8 Å². The van der Waals surface area contributed by atoms with E-state index in [4.69, 9.17) is 0 Å². The Morgan fingerprint density at radius 1 is 0.933 bits per heavy atom. The molecule has 0 fully saturated rings. The maximum atomic E-state index is 12.6. The van der Waals surface area contributed by atoms with E-state index in [1.54, 1.807) is 0 Å². The van der Waals surface area contributed by atoms with Gasteiger partial charge in [0, 0.05) is 5.69 Å². The zero-order chi connectivity index (χ0) is 22.3.